The Morgan fingerprint density at radius 1 is 0.952 bits per heavy atom. The minimum absolute atomic E-state index is 0.686. The first-order valence-electron chi connectivity index (χ1n) is 7.06. The Kier molecular flexibility index (Phi) is 3.26. The smallest absolute Gasteiger partial charge is 0.135 e. The van der Waals surface area contributed by atoms with Gasteiger partial charge in [-0.15, -0.1) is 0 Å². The number of benzene rings is 2. The van der Waals surface area contributed by atoms with Crippen molar-refractivity contribution in [3.63, 3.8) is 0 Å². The normalized spacial score (nSPS) is 10.8. The fraction of sp³-hybridized carbons (Fsp3) is 0.167. The molecule has 0 atom stereocenters. The number of nitrogens with zero attached hydrogens (tertiary/aromatic N) is 2. The molecule has 3 rings (SSSR count). The van der Waals surface area contributed by atoms with Gasteiger partial charge in [0.2, 0.25) is 0 Å². The number of hydrogen-bond acceptors (Lipinski definition) is 2. The zero-order chi connectivity index (χ0) is 15.0. The van der Waals surface area contributed by atoms with Crippen molar-refractivity contribution in [2.45, 2.75) is 20.8 Å². The highest BCUT2D eigenvalue weighted by molar-refractivity contribution is 5.77. The average Bonchev–Trinajstić information content (AvgIpc) is 2.75. The molecule has 0 saturated heterocycles. The molecule has 106 valence electrons. The molecule has 0 aliphatic heterocycles. The highest BCUT2D eigenvalue weighted by Crippen LogP contribution is 2.31. The lowest BCUT2D eigenvalue weighted by Crippen LogP contribution is -2.04. The summed E-state index contributed by atoms with van der Waals surface area (Å²) in [7, 11) is 0. The molecule has 0 aliphatic carbocycles. The number of aromatic nitrogens is 2. The molecule has 0 amide bonds. The van der Waals surface area contributed by atoms with E-state index in [-0.39, 0.29) is 0 Å². The Morgan fingerprint density at radius 2 is 1.67 bits per heavy atom. The van der Waals surface area contributed by atoms with Gasteiger partial charge in [0.1, 0.15) is 5.82 Å². The van der Waals surface area contributed by atoms with Gasteiger partial charge in [-0.25, -0.2) is 4.68 Å². The molecule has 0 bridgehead atoms. The molecule has 0 saturated carbocycles. The molecule has 2 aromatic carbocycles. The summed E-state index contributed by atoms with van der Waals surface area (Å²) in [6, 6.07) is 16.5. The average molecular weight is 277 g/mol. The Balaban J connectivity index is 2.18. The first-order chi connectivity index (χ1) is 10.1. The van der Waals surface area contributed by atoms with Crippen LogP contribution in [0.2, 0.25) is 0 Å². The second-order valence-electron chi connectivity index (χ2n) is 5.41. The second-order valence-corrected chi connectivity index (χ2v) is 5.41. The summed E-state index contributed by atoms with van der Waals surface area (Å²) in [4.78, 5) is 0. The molecule has 1 aromatic heterocycles. The van der Waals surface area contributed by atoms with E-state index in [1.807, 2.05) is 29.8 Å². The molecule has 0 unspecified atom stereocenters. The maximum absolute atomic E-state index is 6.38. The van der Waals surface area contributed by atoms with Gasteiger partial charge in [0, 0.05) is 5.56 Å². The maximum atomic E-state index is 6.38. The monoisotopic (exact) mass is 277 g/mol. The van der Waals surface area contributed by atoms with Gasteiger partial charge < -0.3 is 5.73 Å². The van der Waals surface area contributed by atoms with Gasteiger partial charge in [-0.2, -0.15) is 5.10 Å². The van der Waals surface area contributed by atoms with Crippen LogP contribution in [0, 0.1) is 20.8 Å². The van der Waals surface area contributed by atoms with Crippen LogP contribution in [0.5, 0.6) is 0 Å². The number of rotatable bonds is 2. The van der Waals surface area contributed by atoms with Crippen LogP contribution < -0.4 is 5.73 Å². The third-order valence-corrected chi connectivity index (χ3v) is 3.74. The molecule has 1 heterocycles. The molecule has 0 radical (unpaired) electrons. The van der Waals surface area contributed by atoms with E-state index in [2.05, 4.69) is 49.3 Å². The number of aryl methyl sites for hydroxylation is 3. The molecule has 3 heteroatoms. The quantitative estimate of drug-likeness (QED) is 0.768. The van der Waals surface area contributed by atoms with E-state index < -0.39 is 0 Å². The summed E-state index contributed by atoms with van der Waals surface area (Å²) in [5.74, 6) is 0.686. The van der Waals surface area contributed by atoms with E-state index in [0.717, 1.165) is 22.5 Å². The van der Waals surface area contributed by atoms with Crippen LogP contribution in [0.3, 0.4) is 0 Å². The van der Waals surface area contributed by atoms with Gasteiger partial charge in [-0.05, 0) is 38.0 Å². The molecular formula is C18H19N3. The topological polar surface area (TPSA) is 43.8 Å². The van der Waals surface area contributed by atoms with Crippen LogP contribution in [0.1, 0.15) is 16.8 Å². The van der Waals surface area contributed by atoms with E-state index in [1.165, 1.54) is 11.1 Å². The van der Waals surface area contributed by atoms with Gasteiger partial charge in [-0.3, -0.25) is 0 Å². The van der Waals surface area contributed by atoms with Crippen LogP contribution in [0.15, 0.2) is 48.5 Å². The van der Waals surface area contributed by atoms with Crippen LogP contribution >= 0.6 is 0 Å². The Labute approximate surface area is 125 Å². The van der Waals surface area contributed by atoms with E-state index in [0.29, 0.717) is 5.82 Å². The molecule has 0 spiro atoms. The van der Waals surface area contributed by atoms with E-state index in [4.69, 9.17) is 5.73 Å². The Hall–Kier alpha value is -2.55. The third-order valence-electron chi connectivity index (χ3n) is 3.74. The minimum atomic E-state index is 0.686. The summed E-state index contributed by atoms with van der Waals surface area (Å²) in [5, 5.41) is 4.64. The fourth-order valence-corrected chi connectivity index (χ4v) is 2.73. The van der Waals surface area contributed by atoms with Gasteiger partial charge in [0.15, 0.2) is 0 Å². The zero-order valence-electron chi connectivity index (χ0n) is 12.6. The maximum Gasteiger partial charge on any atom is 0.135 e. The number of hydrogen-bond donors (Lipinski definition) is 1. The molecular weight excluding hydrogens is 258 g/mol. The van der Waals surface area contributed by atoms with Crippen molar-refractivity contribution in [2.24, 2.45) is 0 Å². The lowest BCUT2D eigenvalue weighted by molar-refractivity contribution is 0.864. The molecule has 2 N–H and O–H groups in total. The predicted octanol–water partition coefficient (Wildman–Crippen LogP) is 4.05. The molecule has 21 heavy (non-hydrogen) atoms. The summed E-state index contributed by atoms with van der Waals surface area (Å²) < 4.78 is 1.84. The number of nitrogen functional groups attached to an aromatic ring is 1. The van der Waals surface area contributed by atoms with Crippen LogP contribution in [0.25, 0.3) is 16.8 Å². The van der Waals surface area contributed by atoms with Crippen LogP contribution in [-0.2, 0) is 0 Å². The fourth-order valence-electron chi connectivity index (χ4n) is 2.73. The number of nitrogens with two attached hydrogens (primary N) is 1. The number of anilines is 1. The summed E-state index contributed by atoms with van der Waals surface area (Å²) in [6.45, 7) is 6.17. The van der Waals surface area contributed by atoms with Gasteiger partial charge >= 0.3 is 0 Å². The Morgan fingerprint density at radius 3 is 2.33 bits per heavy atom. The van der Waals surface area contributed by atoms with Crippen LogP contribution in [0.4, 0.5) is 5.82 Å². The van der Waals surface area contributed by atoms with Gasteiger partial charge in [0.25, 0.3) is 0 Å². The summed E-state index contributed by atoms with van der Waals surface area (Å²) in [6.07, 6.45) is 0. The van der Waals surface area contributed by atoms with Gasteiger partial charge in [0.05, 0.1) is 11.4 Å². The van der Waals surface area contributed by atoms with Crippen molar-refractivity contribution in [3.05, 3.63) is 65.4 Å². The summed E-state index contributed by atoms with van der Waals surface area (Å²) in [5.41, 5.74) is 12.9. The van der Waals surface area contributed by atoms with Crippen molar-refractivity contribution >= 4 is 5.82 Å². The van der Waals surface area contributed by atoms with Gasteiger partial charge in [-0.1, -0.05) is 48.0 Å². The zero-order valence-corrected chi connectivity index (χ0v) is 12.6. The standard InChI is InChI=1S/C18H19N3/c1-12-9-10-16(13(2)11-12)21-18(19)17(14(3)20-21)15-7-5-4-6-8-15/h4-11H,19H2,1-3H3. The largest absolute Gasteiger partial charge is 0.383 e. The molecule has 0 fully saturated rings. The molecule has 0 aliphatic rings. The SMILES string of the molecule is Cc1ccc(-n2nc(C)c(-c3ccccc3)c2N)c(C)c1. The first kappa shape index (κ1) is 13.4. The third kappa shape index (κ3) is 2.31. The molecule has 3 aromatic rings. The first-order valence-corrected chi connectivity index (χ1v) is 7.06. The second kappa shape index (κ2) is 5.09. The van der Waals surface area contributed by atoms with Crippen molar-refractivity contribution in [2.75, 3.05) is 5.73 Å². The van der Waals surface area contributed by atoms with E-state index in [1.54, 1.807) is 0 Å². The van der Waals surface area contributed by atoms with E-state index >= 15 is 0 Å². The van der Waals surface area contributed by atoms with E-state index in [9.17, 15) is 0 Å². The van der Waals surface area contributed by atoms with Crippen molar-refractivity contribution < 1.29 is 0 Å². The highest BCUT2D eigenvalue weighted by Gasteiger charge is 2.16. The molecule has 3 nitrogen and oxygen atoms in total. The van der Waals surface area contributed by atoms with Crippen molar-refractivity contribution in [3.8, 4) is 16.8 Å². The summed E-state index contributed by atoms with van der Waals surface area (Å²) >= 11 is 0. The Bertz CT molecular complexity index is 786. The van der Waals surface area contributed by atoms with Crippen molar-refractivity contribution in [1.29, 1.82) is 0 Å². The highest BCUT2D eigenvalue weighted by atomic mass is 15.3. The lowest BCUT2D eigenvalue weighted by Gasteiger charge is -2.09. The predicted molar refractivity (Wildman–Crippen MR) is 87.6 cm³/mol. The van der Waals surface area contributed by atoms with Crippen LogP contribution in [-0.4, -0.2) is 9.78 Å². The lowest BCUT2D eigenvalue weighted by atomic mass is 10.1. The van der Waals surface area contributed by atoms with Crippen molar-refractivity contribution in [1.82, 2.24) is 9.78 Å². The minimum Gasteiger partial charge on any atom is -0.383 e.